The smallest absolute Gasteiger partial charge is 0.259 e. The molecule has 0 saturated carbocycles. The van der Waals surface area contributed by atoms with Gasteiger partial charge in [-0.25, -0.2) is 5.43 Å². The molecule has 0 radical (unpaired) electrons. The van der Waals surface area contributed by atoms with Crippen LogP contribution in [0.15, 0.2) is 47.6 Å². The fourth-order valence-corrected chi connectivity index (χ4v) is 1.94. The Bertz CT molecular complexity index is 820. The zero-order valence-corrected chi connectivity index (χ0v) is 14.1. The van der Waals surface area contributed by atoms with E-state index in [2.05, 4.69) is 15.8 Å². The summed E-state index contributed by atoms with van der Waals surface area (Å²) in [5.41, 5.74) is 3.54. The molecule has 0 unspecified atom stereocenters. The van der Waals surface area contributed by atoms with Gasteiger partial charge in [0.2, 0.25) is 0 Å². The molecule has 0 fully saturated rings. The summed E-state index contributed by atoms with van der Waals surface area (Å²) < 4.78 is 5.32. The lowest BCUT2D eigenvalue weighted by Gasteiger charge is -2.07. The van der Waals surface area contributed by atoms with Crippen LogP contribution in [0.2, 0.25) is 0 Å². The Balaban J connectivity index is 1.70. The summed E-state index contributed by atoms with van der Waals surface area (Å²) >= 11 is 0. The lowest BCUT2D eigenvalue weighted by atomic mass is 10.2. The molecule has 0 atom stereocenters. The predicted octanol–water partition coefficient (Wildman–Crippen LogP) is 1.05. The summed E-state index contributed by atoms with van der Waals surface area (Å²) in [4.78, 5) is 23.3. The number of hydrogen-bond acceptors (Lipinski definition) is 6. The van der Waals surface area contributed by atoms with Crippen LogP contribution in [0.5, 0.6) is 17.2 Å². The van der Waals surface area contributed by atoms with E-state index >= 15 is 0 Å². The molecule has 0 bridgehead atoms. The van der Waals surface area contributed by atoms with Crippen LogP contribution in [0.25, 0.3) is 0 Å². The largest absolute Gasteiger partial charge is 0.508 e. The molecular formula is C18H19N3O5. The summed E-state index contributed by atoms with van der Waals surface area (Å²) in [5, 5.41) is 24.8. The van der Waals surface area contributed by atoms with Gasteiger partial charge < -0.3 is 20.3 Å². The number of benzene rings is 2. The van der Waals surface area contributed by atoms with Gasteiger partial charge in [-0.3, -0.25) is 9.59 Å². The fraction of sp³-hybridized carbons (Fsp3) is 0.167. The van der Waals surface area contributed by atoms with Crippen LogP contribution in [0, 0.1) is 6.92 Å². The Morgan fingerprint density at radius 2 is 1.96 bits per heavy atom. The highest BCUT2D eigenvalue weighted by molar-refractivity contribution is 5.87. The topological polar surface area (TPSA) is 120 Å². The first-order valence-electron chi connectivity index (χ1n) is 7.74. The number of rotatable bonds is 7. The van der Waals surface area contributed by atoms with Crippen molar-refractivity contribution in [2.45, 2.75) is 6.92 Å². The maximum atomic E-state index is 11.7. The predicted molar refractivity (Wildman–Crippen MR) is 95.2 cm³/mol. The molecule has 26 heavy (non-hydrogen) atoms. The summed E-state index contributed by atoms with van der Waals surface area (Å²) in [7, 11) is 0. The van der Waals surface area contributed by atoms with E-state index in [9.17, 15) is 19.8 Å². The Kier molecular flexibility index (Phi) is 6.55. The lowest BCUT2D eigenvalue weighted by Crippen LogP contribution is -2.37. The van der Waals surface area contributed by atoms with Crippen LogP contribution in [0.1, 0.15) is 11.1 Å². The number of hydrazone groups is 1. The number of aromatic hydroxyl groups is 2. The second-order valence-electron chi connectivity index (χ2n) is 5.42. The molecule has 8 nitrogen and oxygen atoms in total. The Labute approximate surface area is 150 Å². The second kappa shape index (κ2) is 9.07. The Morgan fingerprint density at radius 3 is 2.69 bits per heavy atom. The molecule has 2 aromatic rings. The van der Waals surface area contributed by atoms with E-state index in [1.165, 1.54) is 18.3 Å². The second-order valence-corrected chi connectivity index (χ2v) is 5.42. The highest BCUT2D eigenvalue weighted by Gasteiger charge is 2.06. The van der Waals surface area contributed by atoms with Gasteiger partial charge in [0.1, 0.15) is 17.2 Å². The van der Waals surface area contributed by atoms with Gasteiger partial charge in [0.05, 0.1) is 12.8 Å². The minimum absolute atomic E-state index is 0.0840. The molecule has 0 aliphatic carbocycles. The van der Waals surface area contributed by atoms with E-state index in [1.807, 2.05) is 19.1 Å². The van der Waals surface area contributed by atoms with Gasteiger partial charge in [0.15, 0.2) is 6.61 Å². The lowest BCUT2D eigenvalue weighted by molar-refractivity contribution is -0.127. The molecule has 8 heteroatoms. The Morgan fingerprint density at radius 1 is 1.15 bits per heavy atom. The molecule has 2 amide bonds. The van der Waals surface area contributed by atoms with Crippen molar-refractivity contribution in [3.05, 3.63) is 53.6 Å². The average molecular weight is 357 g/mol. The summed E-state index contributed by atoms with van der Waals surface area (Å²) in [6, 6.07) is 11.2. The number of aryl methyl sites for hydroxylation is 1. The van der Waals surface area contributed by atoms with Crippen LogP contribution in [-0.2, 0) is 9.59 Å². The molecule has 0 saturated heterocycles. The molecule has 0 aliphatic heterocycles. The number of ether oxygens (including phenoxy) is 1. The number of phenolic OH excluding ortho intramolecular Hbond substituents is 2. The van der Waals surface area contributed by atoms with Gasteiger partial charge >= 0.3 is 0 Å². The van der Waals surface area contributed by atoms with Crippen LogP contribution < -0.4 is 15.5 Å². The number of carbonyl (C=O) groups is 2. The van der Waals surface area contributed by atoms with Gasteiger partial charge in [-0.05, 0) is 36.8 Å². The number of carbonyl (C=O) groups excluding carboxylic acids is 2. The summed E-state index contributed by atoms with van der Waals surface area (Å²) in [5.74, 6) is -0.669. The molecular weight excluding hydrogens is 338 g/mol. The number of nitrogens with zero attached hydrogens (tertiary/aromatic N) is 1. The van der Waals surface area contributed by atoms with Crippen molar-refractivity contribution >= 4 is 18.0 Å². The third kappa shape index (κ3) is 6.16. The first-order valence-corrected chi connectivity index (χ1v) is 7.74. The van der Waals surface area contributed by atoms with Crippen LogP contribution in [-0.4, -0.2) is 41.4 Å². The van der Waals surface area contributed by atoms with Crippen LogP contribution in [0.3, 0.4) is 0 Å². The Hall–Kier alpha value is -3.55. The van der Waals surface area contributed by atoms with Gasteiger partial charge in [0, 0.05) is 11.6 Å². The van der Waals surface area contributed by atoms with Crippen molar-refractivity contribution in [2.24, 2.45) is 5.10 Å². The van der Waals surface area contributed by atoms with E-state index in [0.29, 0.717) is 11.3 Å². The SMILES string of the molecule is Cc1cccc(OCC(=O)NCC(=O)N/N=C/c2ccc(O)cc2O)c1. The van der Waals surface area contributed by atoms with Crippen LogP contribution in [0.4, 0.5) is 0 Å². The minimum atomic E-state index is -0.538. The maximum absolute atomic E-state index is 11.7. The fourth-order valence-electron chi connectivity index (χ4n) is 1.94. The van der Waals surface area contributed by atoms with Crippen molar-refractivity contribution in [1.29, 1.82) is 0 Å². The third-order valence-corrected chi connectivity index (χ3v) is 3.21. The van der Waals surface area contributed by atoms with Gasteiger partial charge in [-0.2, -0.15) is 5.10 Å². The van der Waals surface area contributed by atoms with Crippen molar-refractivity contribution in [3.8, 4) is 17.2 Å². The van der Waals surface area contributed by atoms with Crippen molar-refractivity contribution in [1.82, 2.24) is 10.7 Å². The first-order chi connectivity index (χ1) is 12.4. The average Bonchev–Trinajstić information content (AvgIpc) is 2.60. The molecule has 4 N–H and O–H groups in total. The molecule has 0 heterocycles. The van der Waals surface area contributed by atoms with E-state index in [0.717, 1.165) is 11.6 Å². The highest BCUT2D eigenvalue weighted by Crippen LogP contribution is 2.20. The van der Waals surface area contributed by atoms with Crippen LogP contribution >= 0.6 is 0 Å². The first kappa shape index (κ1) is 18.8. The van der Waals surface area contributed by atoms with Crippen molar-refractivity contribution in [2.75, 3.05) is 13.2 Å². The number of nitrogens with one attached hydrogen (secondary N) is 2. The molecule has 0 spiro atoms. The maximum Gasteiger partial charge on any atom is 0.259 e. The summed E-state index contributed by atoms with van der Waals surface area (Å²) in [6.45, 7) is 1.44. The molecule has 2 aromatic carbocycles. The van der Waals surface area contributed by atoms with E-state index in [-0.39, 0.29) is 24.7 Å². The molecule has 136 valence electrons. The number of hydrogen-bond donors (Lipinski definition) is 4. The normalized spacial score (nSPS) is 10.5. The number of phenols is 2. The molecule has 0 aromatic heterocycles. The summed E-state index contributed by atoms with van der Waals surface area (Å²) in [6.07, 6.45) is 1.22. The molecule has 2 rings (SSSR count). The zero-order chi connectivity index (χ0) is 18.9. The third-order valence-electron chi connectivity index (χ3n) is 3.21. The number of amides is 2. The van der Waals surface area contributed by atoms with Gasteiger partial charge in [0.25, 0.3) is 11.8 Å². The minimum Gasteiger partial charge on any atom is -0.508 e. The standard InChI is InChI=1S/C18H19N3O5/c1-12-3-2-4-15(7-12)26-11-18(25)19-10-17(24)21-20-9-13-5-6-14(22)8-16(13)23/h2-9,22-23H,10-11H2,1H3,(H,19,25)(H,21,24)/b20-9+. The van der Waals surface area contributed by atoms with E-state index in [1.54, 1.807) is 12.1 Å². The zero-order valence-electron chi connectivity index (χ0n) is 14.1. The van der Waals surface area contributed by atoms with E-state index < -0.39 is 11.8 Å². The monoisotopic (exact) mass is 357 g/mol. The van der Waals surface area contributed by atoms with Gasteiger partial charge in [-0.15, -0.1) is 0 Å². The quantitative estimate of drug-likeness (QED) is 0.436. The van der Waals surface area contributed by atoms with Crippen molar-refractivity contribution < 1.29 is 24.5 Å². The highest BCUT2D eigenvalue weighted by atomic mass is 16.5. The van der Waals surface area contributed by atoms with Crippen molar-refractivity contribution in [3.63, 3.8) is 0 Å². The molecule has 0 aliphatic rings. The van der Waals surface area contributed by atoms with E-state index in [4.69, 9.17) is 4.74 Å². The van der Waals surface area contributed by atoms with Gasteiger partial charge in [-0.1, -0.05) is 12.1 Å².